The minimum absolute atomic E-state index is 0.674. The molecule has 0 N–H and O–H groups in total. The van der Waals surface area contributed by atoms with Crippen molar-refractivity contribution in [1.29, 1.82) is 0 Å². The summed E-state index contributed by atoms with van der Waals surface area (Å²) in [6.07, 6.45) is 8.44. The Bertz CT molecular complexity index is 184. The predicted molar refractivity (Wildman–Crippen MR) is 64.4 cm³/mol. The minimum Gasteiger partial charge on any atom is -0.0654 e. The number of hydrogen-bond acceptors (Lipinski definition) is 0. The van der Waals surface area contributed by atoms with Gasteiger partial charge in [-0.15, -0.1) is 0 Å². The van der Waals surface area contributed by atoms with Crippen LogP contribution < -0.4 is 0 Å². The molecule has 1 aliphatic carbocycles. The molecule has 84 valence electrons. The van der Waals surface area contributed by atoms with Crippen LogP contribution in [0.3, 0.4) is 0 Å². The molecule has 0 amide bonds. The van der Waals surface area contributed by atoms with E-state index in [-0.39, 0.29) is 0 Å². The third-order valence-electron chi connectivity index (χ3n) is 4.84. The van der Waals surface area contributed by atoms with E-state index in [0.29, 0.717) is 10.8 Å². The molecule has 0 aromatic rings. The second-order valence-electron chi connectivity index (χ2n) is 5.80. The van der Waals surface area contributed by atoms with Gasteiger partial charge in [0, 0.05) is 0 Å². The fourth-order valence-corrected chi connectivity index (χ4v) is 3.65. The Morgan fingerprint density at radius 3 is 2.14 bits per heavy atom. The third kappa shape index (κ3) is 1.85. The van der Waals surface area contributed by atoms with Crippen LogP contribution in [0.2, 0.25) is 0 Å². The van der Waals surface area contributed by atoms with Gasteiger partial charge in [-0.05, 0) is 29.6 Å². The summed E-state index contributed by atoms with van der Waals surface area (Å²) in [5.41, 5.74) is 1.35. The van der Waals surface area contributed by atoms with Gasteiger partial charge in [0.25, 0.3) is 0 Å². The molecule has 0 saturated heterocycles. The number of hydrogen-bond donors (Lipinski definition) is 0. The van der Waals surface area contributed by atoms with Gasteiger partial charge in [-0.1, -0.05) is 60.3 Å². The molecule has 0 heteroatoms. The summed E-state index contributed by atoms with van der Waals surface area (Å²) in [6, 6.07) is 0. The Kier molecular flexibility index (Phi) is 3.66. The van der Waals surface area contributed by atoms with E-state index >= 15 is 0 Å². The molecule has 1 aliphatic rings. The van der Waals surface area contributed by atoms with Crippen molar-refractivity contribution in [2.45, 2.75) is 73.1 Å². The first-order valence-electron chi connectivity index (χ1n) is 6.54. The molecule has 0 aromatic heterocycles. The predicted octanol–water partition coefficient (Wildman–Crippen LogP) is 5.03. The summed E-state index contributed by atoms with van der Waals surface area (Å²) in [6.45, 7) is 12.1. The highest BCUT2D eigenvalue weighted by Gasteiger charge is 2.62. The van der Waals surface area contributed by atoms with Crippen LogP contribution in [-0.4, -0.2) is 0 Å². The lowest BCUT2D eigenvalue weighted by Crippen LogP contribution is -2.18. The van der Waals surface area contributed by atoms with E-state index in [2.05, 4.69) is 34.6 Å². The van der Waals surface area contributed by atoms with Crippen molar-refractivity contribution in [3.05, 3.63) is 0 Å². The van der Waals surface area contributed by atoms with Crippen LogP contribution in [0.15, 0.2) is 0 Å². The van der Waals surface area contributed by atoms with Crippen LogP contribution >= 0.6 is 0 Å². The second-order valence-corrected chi connectivity index (χ2v) is 5.80. The molecule has 1 fully saturated rings. The summed E-state index contributed by atoms with van der Waals surface area (Å²) < 4.78 is 0. The molecule has 0 heterocycles. The molecule has 3 unspecified atom stereocenters. The summed E-state index contributed by atoms with van der Waals surface area (Å²) >= 11 is 0. The van der Waals surface area contributed by atoms with E-state index in [1.54, 1.807) is 0 Å². The van der Waals surface area contributed by atoms with E-state index < -0.39 is 0 Å². The van der Waals surface area contributed by atoms with Gasteiger partial charge in [0.1, 0.15) is 0 Å². The van der Waals surface area contributed by atoms with Crippen molar-refractivity contribution in [3.63, 3.8) is 0 Å². The molecule has 0 aromatic carbocycles. The lowest BCUT2D eigenvalue weighted by atomic mass is 9.78. The molecular weight excluding hydrogens is 168 g/mol. The Balaban J connectivity index is 2.59. The van der Waals surface area contributed by atoms with Crippen LogP contribution in [0.1, 0.15) is 73.1 Å². The van der Waals surface area contributed by atoms with E-state index in [0.717, 1.165) is 5.92 Å². The first-order valence-corrected chi connectivity index (χ1v) is 6.54. The number of rotatable bonds is 6. The minimum atomic E-state index is 0.674. The molecule has 0 aliphatic heterocycles. The summed E-state index contributed by atoms with van der Waals surface area (Å²) in [4.78, 5) is 0. The summed E-state index contributed by atoms with van der Waals surface area (Å²) in [5.74, 6) is 0.976. The maximum Gasteiger partial charge on any atom is -0.0238 e. The lowest BCUT2D eigenvalue weighted by molar-refractivity contribution is 0.224. The zero-order valence-electron chi connectivity index (χ0n) is 10.8. The van der Waals surface area contributed by atoms with Gasteiger partial charge >= 0.3 is 0 Å². The topological polar surface area (TPSA) is 0 Å². The molecular formula is C14H28. The van der Waals surface area contributed by atoms with Crippen molar-refractivity contribution < 1.29 is 0 Å². The van der Waals surface area contributed by atoms with Crippen molar-refractivity contribution in [3.8, 4) is 0 Å². The van der Waals surface area contributed by atoms with Crippen LogP contribution in [0.25, 0.3) is 0 Å². The van der Waals surface area contributed by atoms with Crippen molar-refractivity contribution in [2.75, 3.05) is 0 Å². The van der Waals surface area contributed by atoms with Crippen molar-refractivity contribution in [2.24, 2.45) is 16.7 Å². The summed E-state index contributed by atoms with van der Waals surface area (Å²) in [5, 5.41) is 0. The van der Waals surface area contributed by atoms with E-state index in [9.17, 15) is 0 Å². The quantitative estimate of drug-likeness (QED) is 0.559. The SMILES string of the molecule is CCCC(CC)C1(C)CC1(C)CCC. The maximum absolute atomic E-state index is 2.53. The van der Waals surface area contributed by atoms with Gasteiger partial charge in [0.2, 0.25) is 0 Å². The van der Waals surface area contributed by atoms with E-state index in [1.807, 2.05) is 0 Å². The van der Waals surface area contributed by atoms with Gasteiger partial charge < -0.3 is 0 Å². The average molecular weight is 196 g/mol. The largest absolute Gasteiger partial charge is 0.0654 e. The average Bonchev–Trinajstić information content (AvgIpc) is 2.66. The maximum atomic E-state index is 2.53. The standard InChI is InChI=1S/C14H28/c1-6-9-12(8-3)14(5)11-13(14,4)10-7-2/h12H,6-11H2,1-5H3. The zero-order chi connectivity index (χ0) is 10.8. The first kappa shape index (κ1) is 12.1. The Morgan fingerprint density at radius 2 is 1.71 bits per heavy atom. The van der Waals surface area contributed by atoms with Crippen LogP contribution in [0.5, 0.6) is 0 Å². The fourth-order valence-electron chi connectivity index (χ4n) is 3.65. The van der Waals surface area contributed by atoms with Gasteiger partial charge in [-0.25, -0.2) is 0 Å². The highest BCUT2D eigenvalue weighted by molar-refractivity contribution is 5.11. The Morgan fingerprint density at radius 1 is 1.07 bits per heavy atom. The third-order valence-corrected chi connectivity index (χ3v) is 4.84. The van der Waals surface area contributed by atoms with Gasteiger partial charge in [-0.2, -0.15) is 0 Å². The molecule has 0 radical (unpaired) electrons. The lowest BCUT2D eigenvalue weighted by Gasteiger charge is -2.27. The molecule has 0 spiro atoms. The molecule has 1 rings (SSSR count). The van der Waals surface area contributed by atoms with Gasteiger partial charge in [-0.3, -0.25) is 0 Å². The van der Waals surface area contributed by atoms with Crippen molar-refractivity contribution in [1.82, 2.24) is 0 Å². The molecule has 3 atom stereocenters. The zero-order valence-corrected chi connectivity index (χ0v) is 10.8. The van der Waals surface area contributed by atoms with Gasteiger partial charge in [0.05, 0.1) is 0 Å². The summed E-state index contributed by atoms with van der Waals surface area (Å²) in [7, 11) is 0. The second kappa shape index (κ2) is 4.24. The van der Waals surface area contributed by atoms with Crippen LogP contribution in [-0.2, 0) is 0 Å². The Hall–Kier alpha value is 0. The van der Waals surface area contributed by atoms with Crippen molar-refractivity contribution >= 4 is 0 Å². The highest BCUT2D eigenvalue weighted by Crippen LogP contribution is 2.70. The highest BCUT2D eigenvalue weighted by atomic mass is 14.7. The molecule has 14 heavy (non-hydrogen) atoms. The van der Waals surface area contributed by atoms with Crippen LogP contribution in [0.4, 0.5) is 0 Å². The normalized spacial score (nSPS) is 38.4. The van der Waals surface area contributed by atoms with E-state index in [1.165, 1.54) is 38.5 Å². The molecule has 0 bridgehead atoms. The van der Waals surface area contributed by atoms with Gasteiger partial charge in [0.15, 0.2) is 0 Å². The Labute approximate surface area is 90.5 Å². The van der Waals surface area contributed by atoms with E-state index in [4.69, 9.17) is 0 Å². The van der Waals surface area contributed by atoms with Crippen LogP contribution in [0, 0.1) is 16.7 Å². The molecule has 0 nitrogen and oxygen atoms in total. The fraction of sp³-hybridized carbons (Fsp3) is 1.00. The monoisotopic (exact) mass is 196 g/mol. The smallest absolute Gasteiger partial charge is 0.0238 e. The molecule has 1 saturated carbocycles. The first-order chi connectivity index (χ1) is 6.54.